The highest BCUT2D eigenvalue weighted by Gasteiger charge is 2.30. The van der Waals surface area contributed by atoms with E-state index in [2.05, 4.69) is 11.2 Å². The minimum atomic E-state index is -0.212. The first-order chi connectivity index (χ1) is 13.5. The zero-order valence-corrected chi connectivity index (χ0v) is 16.5. The standard InChI is InChI=1S/C22H22ClN3O2/c1-15-3-2-4-16(13-15)5-12-20(27)14-25-22(28)26(19-10-11-19)21(24-25)17-6-8-18(23)9-7-17/h2-4,6-9,13,19H,5,10-12,14H2,1H3. The van der Waals surface area contributed by atoms with Crippen LogP contribution in [0.25, 0.3) is 11.4 Å². The molecule has 1 aliphatic carbocycles. The molecule has 2 aromatic carbocycles. The highest BCUT2D eigenvalue weighted by Crippen LogP contribution is 2.36. The second-order valence-electron chi connectivity index (χ2n) is 7.40. The number of carbonyl (C=O) groups is 1. The second-order valence-corrected chi connectivity index (χ2v) is 7.84. The smallest absolute Gasteiger partial charge is 0.298 e. The van der Waals surface area contributed by atoms with E-state index in [1.807, 2.05) is 37.3 Å². The fourth-order valence-corrected chi connectivity index (χ4v) is 3.50. The molecule has 0 unspecified atom stereocenters. The van der Waals surface area contributed by atoms with Gasteiger partial charge in [0.15, 0.2) is 11.6 Å². The molecule has 4 rings (SSSR count). The van der Waals surface area contributed by atoms with Gasteiger partial charge in [0.25, 0.3) is 0 Å². The molecule has 1 aliphatic rings. The third-order valence-corrected chi connectivity index (χ3v) is 5.24. The molecule has 1 saturated carbocycles. The molecule has 28 heavy (non-hydrogen) atoms. The summed E-state index contributed by atoms with van der Waals surface area (Å²) < 4.78 is 3.03. The van der Waals surface area contributed by atoms with Crippen molar-refractivity contribution < 1.29 is 4.79 Å². The van der Waals surface area contributed by atoms with Crippen LogP contribution >= 0.6 is 11.6 Å². The fourth-order valence-electron chi connectivity index (χ4n) is 3.38. The first kappa shape index (κ1) is 18.7. The van der Waals surface area contributed by atoms with Crippen molar-refractivity contribution in [3.63, 3.8) is 0 Å². The predicted molar refractivity (Wildman–Crippen MR) is 110 cm³/mol. The van der Waals surface area contributed by atoms with E-state index in [9.17, 15) is 9.59 Å². The van der Waals surface area contributed by atoms with Crippen molar-refractivity contribution in [1.29, 1.82) is 0 Å². The summed E-state index contributed by atoms with van der Waals surface area (Å²) in [6.45, 7) is 2.04. The highest BCUT2D eigenvalue weighted by atomic mass is 35.5. The largest absolute Gasteiger partial charge is 0.346 e. The Morgan fingerprint density at radius 3 is 2.61 bits per heavy atom. The molecule has 0 saturated heterocycles. The Morgan fingerprint density at radius 2 is 1.93 bits per heavy atom. The maximum Gasteiger partial charge on any atom is 0.346 e. The lowest BCUT2D eigenvalue weighted by atomic mass is 10.1. The first-order valence-electron chi connectivity index (χ1n) is 9.54. The number of nitrogens with zero attached hydrogens (tertiary/aromatic N) is 3. The number of halogens is 1. The Morgan fingerprint density at radius 1 is 1.18 bits per heavy atom. The lowest BCUT2D eigenvalue weighted by Crippen LogP contribution is -2.27. The summed E-state index contributed by atoms with van der Waals surface area (Å²) in [5.41, 5.74) is 2.93. The molecule has 1 aromatic heterocycles. The van der Waals surface area contributed by atoms with Gasteiger partial charge >= 0.3 is 5.69 Å². The van der Waals surface area contributed by atoms with E-state index in [1.165, 1.54) is 10.2 Å². The van der Waals surface area contributed by atoms with Gasteiger partial charge < -0.3 is 0 Å². The van der Waals surface area contributed by atoms with Crippen molar-refractivity contribution in [1.82, 2.24) is 14.3 Å². The molecule has 0 bridgehead atoms. The molecular formula is C22H22ClN3O2. The lowest BCUT2D eigenvalue weighted by Gasteiger charge is -2.03. The fraction of sp³-hybridized carbons (Fsp3) is 0.318. The van der Waals surface area contributed by atoms with E-state index in [1.54, 1.807) is 16.7 Å². The molecule has 0 spiro atoms. The van der Waals surface area contributed by atoms with Gasteiger partial charge in [-0.05, 0) is 56.0 Å². The number of benzene rings is 2. The molecule has 6 heteroatoms. The third-order valence-electron chi connectivity index (χ3n) is 4.99. The minimum absolute atomic E-state index is 0.00492. The SMILES string of the molecule is Cc1cccc(CCC(=O)Cn2nc(-c3ccc(Cl)cc3)n(C3CC3)c2=O)c1. The van der Waals surface area contributed by atoms with Gasteiger partial charge in [0, 0.05) is 23.0 Å². The van der Waals surface area contributed by atoms with Gasteiger partial charge in [-0.2, -0.15) is 0 Å². The van der Waals surface area contributed by atoms with E-state index in [4.69, 9.17) is 11.6 Å². The van der Waals surface area contributed by atoms with Crippen molar-refractivity contribution in [2.45, 2.75) is 45.2 Å². The Hall–Kier alpha value is -2.66. The second kappa shape index (κ2) is 7.76. The van der Waals surface area contributed by atoms with Gasteiger partial charge in [-0.3, -0.25) is 9.36 Å². The number of ketones is 1. The van der Waals surface area contributed by atoms with Crippen molar-refractivity contribution in [3.8, 4) is 11.4 Å². The van der Waals surface area contributed by atoms with E-state index in [0.717, 1.165) is 24.0 Å². The van der Waals surface area contributed by atoms with Crippen LogP contribution in [-0.2, 0) is 17.8 Å². The van der Waals surface area contributed by atoms with Crippen molar-refractivity contribution in [2.24, 2.45) is 0 Å². The molecule has 0 N–H and O–H groups in total. The topological polar surface area (TPSA) is 56.9 Å². The summed E-state index contributed by atoms with van der Waals surface area (Å²) >= 11 is 5.98. The molecular weight excluding hydrogens is 374 g/mol. The maximum atomic E-state index is 12.9. The van der Waals surface area contributed by atoms with E-state index in [0.29, 0.717) is 23.7 Å². The van der Waals surface area contributed by atoms with Gasteiger partial charge in [-0.15, -0.1) is 5.10 Å². The summed E-state index contributed by atoms with van der Waals surface area (Å²) in [4.78, 5) is 25.3. The van der Waals surface area contributed by atoms with E-state index in [-0.39, 0.29) is 24.1 Å². The number of aromatic nitrogens is 3. The van der Waals surface area contributed by atoms with Crippen LogP contribution in [0.5, 0.6) is 0 Å². The number of Topliss-reactive ketones (excluding diaryl/α,β-unsaturated/α-hetero) is 1. The number of hydrogen-bond donors (Lipinski definition) is 0. The van der Waals surface area contributed by atoms with Crippen molar-refractivity contribution in [3.05, 3.63) is 75.2 Å². The molecule has 5 nitrogen and oxygen atoms in total. The van der Waals surface area contributed by atoms with Gasteiger partial charge in [0.1, 0.15) is 6.54 Å². The van der Waals surface area contributed by atoms with Crippen LogP contribution in [0.2, 0.25) is 5.02 Å². The average molecular weight is 396 g/mol. The Kier molecular flexibility index (Phi) is 5.18. The summed E-state index contributed by atoms with van der Waals surface area (Å²) in [7, 11) is 0. The van der Waals surface area contributed by atoms with Crippen LogP contribution in [0.4, 0.5) is 0 Å². The monoisotopic (exact) mass is 395 g/mol. The van der Waals surface area contributed by atoms with Crippen molar-refractivity contribution in [2.75, 3.05) is 0 Å². The molecule has 1 fully saturated rings. The van der Waals surface area contributed by atoms with Gasteiger partial charge in [-0.25, -0.2) is 9.48 Å². The lowest BCUT2D eigenvalue weighted by molar-refractivity contribution is -0.119. The maximum absolute atomic E-state index is 12.9. The molecule has 3 aromatic rings. The number of hydrogen-bond acceptors (Lipinski definition) is 3. The Balaban J connectivity index is 1.53. The zero-order chi connectivity index (χ0) is 19.7. The Bertz CT molecular complexity index is 1060. The highest BCUT2D eigenvalue weighted by molar-refractivity contribution is 6.30. The van der Waals surface area contributed by atoms with Gasteiger partial charge in [0.05, 0.1) is 0 Å². The Labute approximate surface area is 168 Å². The molecule has 0 aliphatic heterocycles. The summed E-state index contributed by atoms with van der Waals surface area (Å²) in [6.07, 6.45) is 2.99. The van der Waals surface area contributed by atoms with Gasteiger partial charge in [-0.1, -0.05) is 41.4 Å². The van der Waals surface area contributed by atoms with Crippen LogP contribution in [0.1, 0.15) is 36.4 Å². The summed E-state index contributed by atoms with van der Waals surface area (Å²) in [6, 6.07) is 15.6. The van der Waals surface area contributed by atoms with Crippen LogP contribution in [-0.4, -0.2) is 20.1 Å². The first-order valence-corrected chi connectivity index (χ1v) is 9.91. The van der Waals surface area contributed by atoms with Crippen LogP contribution in [0.15, 0.2) is 53.3 Å². The van der Waals surface area contributed by atoms with E-state index >= 15 is 0 Å². The number of carbonyl (C=O) groups excluding carboxylic acids is 1. The predicted octanol–water partition coefficient (Wildman–Crippen LogP) is 4.21. The number of aryl methyl sites for hydroxylation is 2. The summed E-state index contributed by atoms with van der Waals surface area (Å²) in [5, 5.41) is 5.12. The molecule has 1 heterocycles. The molecule has 0 atom stereocenters. The number of rotatable bonds is 7. The minimum Gasteiger partial charge on any atom is -0.298 e. The van der Waals surface area contributed by atoms with Crippen LogP contribution in [0, 0.1) is 6.92 Å². The van der Waals surface area contributed by atoms with Gasteiger partial charge in [0.2, 0.25) is 0 Å². The molecule has 0 amide bonds. The quantitative estimate of drug-likeness (QED) is 0.602. The summed E-state index contributed by atoms with van der Waals surface area (Å²) in [5.74, 6) is 0.613. The van der Waals surface area contributed by atoms with Crippen LogP contribution < -0.4 is 5.69 Å². The molecule has 144 valence electrons. The third kappa shape index (κ3) is 4.09. The van der Waals surface area contributed by atoms with Crippen molar-refractivity contribution >= 4 is 17.4 Å². The average Bonchev–Trinajstić information content (AvgIpc) is 3.46. The zero-order valence-electron chi connectivity index (χ0n) is 15.8. The molecule has 0 radical (unpaired) electrons. The van der Waals surface area contributed by atoms with Crippen LogP contribution in [0.3, 0.4) is 0 Å². The van der Waals surface area contributed by atoms with E-state index < -0.39 is 0 Å². The normalized spacial score (nSPS) is 13.6.